The fraction of sp³-hybridized carbons (Fsp3) is 0.294. The molecule has 0 spiro atoms. The molecule has 0 saturated carbocycles. The molecule has 4 nitrogen and oxygen atoms in total. The number of para-hydroxylation sites is 2. The third-order valence-corrected chi connectivity index (χ3v) is 3.77. The van der Waals surface area contributed by atoms with Crippen LogP contribution in [0.4, 0.5) is 11.4 Å². The van der Waals surface area contributed by atoms with E-state index in [1.165, 1.54) is 0 Å². The van der Waals surface area contributed by atoms with Gasteiger partial charge in [0.25, 0.3) is 0 Å². The number of hydrogen-bond donors (Lipinski definition) is 1. The van der Waals surface area contributed by atoms with Crippen molar-refractivity contribution in [3.05, 3.63) is 54.4 Å². The highest BCUT2D eigenvalue weighted by Crippen LogP contribution is 2.31. The molecule has 1 aromatic carbocycles. The minimum atomic E-state index is 0.0880. The zero-order chi connectivity index (χ0) is 14.7. The van der Waals surface area contributed by atoms with Gasteiger partial charge in [-0.3, -0.25) is 9.78 Å². The molecule has 0 radical (unpaired) electrons. The first-order valence-electron chi connectivity index (χ1n) is 7.32. The molecule has 0 bridgehead atoms. The van der Waals surface area contributed by atoms with Crippen LogP contribution in [-0.4, -0.2) is 17.4 Å². The Bertz CT molecular complexity index is 627. The molecule has 3 rings (SSSR count). The number of anilines is 2. The minimum Gasteiger partial charge on any atom is -0.375 e. The molecule has 4 heteroatoms. The first-order chi connectivity index (χ1) is 10.3. The van der Waals surface area contributed by atoms with E-state index in [1.54, 1.807) is 6.20 Å². The van der Waals surface area contributed by atoms with E-state index in [0.717, 1.165) is 30.0 Å². The lowest BCUT2D eigenvalue weighted by atomic mass is 10.1. The highest BCUT2D eigenvalue weighted by Gasteiger charge is 2.24. The highest BCUT2D eigenvalue weighted by atomic mass is 16.2. The van der Waals surface area contributed by atoms with E-state index in [2.05, 4.69) is 17.2 Å². The van der Waals surface area contributed by atoms with Crippen molar-refractivity contribution in [2.45, 2.75) is 25.8 Å². The van der Waals surface area contributed by atoms with Crippen LogP contribution in [0.1, 0.15) is 31.5 Å². The smallest absolute Gasteiger partial charge is 0.227 e. The maximum atomic E-state index is 12.0. The third kappa shape index (κ3) is 2.89. The van der Waals surface area contributed by atoms with Crippen LogP contribution in [0.5, 0.6) is 0 Å². The molecule has 0 aliphatic carbocycles. The SMILES string of the molecule is CC(Nc1ccccc1N1CCCC1=O)c1ccccn1. The Morgan fingerprint density at radius 2 is 2.00 bits per heavy atom. The first kappa shape index (κ1) is 13.6. The van der Waals surface area contributed by atoms with Crippen LogP contribution in [0.15, 0.2) is 48.7 Å². The lowest BCUT2D eigenvalue weighted by Crippen LogP contribution is -2.25. The molecule has 2 heterocycles. The van der Waals surface area contributed by atoms with Gasteiger partial charge in [0, 0.05) is 19.2 Å². The monoisotopic (exact) mass is 281 g/mol. The average Bonchev–Trinajstić information content (AvgIpc) is 2.95. The van der Waals surface area contributed by atoms with Crippen molar-refractivity contribution >= 4 is 17.3 Å². The van der Waals surface area contributed by atoms with Crippen molar-refractivity contribution in [1.29, 1.82) is 0 Å². The van der Waals surface area contributed by atoms with Gasteiger partial charge in [0.15, 0.2) is 0 Å². The van der Waals surface area contributed by atoms with Gasteiger partial charge in [-0.1, -0.05) is 18.2 Å². The Morgan fingerprint density at radius 3 is 2.71 bits per heavy atom. The maximum absolute atomic E-state index is 12.0. The topological polar surface area (TPSA) is 45.2 Å². The third-order valence-electron chi connectivity index (χ3n) is 3.77. The Balaban J connectivity index is 1.84. The normalized spacial score (nSPS) is 16.0. The molecular weight excluding hydrogens is 262 g/mol. The van der Waals surface area contributed by atoms with E-state index in [-0.39, 0.29) is 11.9 Å². The van der Waals surface area contributed by atoms with Crippen molar-refractivity contribution in [2.24, 2.45) is 0 Å². The number of nitrogens with one attached hydrogen (secondary N) is 1. The van der Waals surface area contributed by atoms with Gasteiger partial charge in [0.05, 0.1) is 23.1 Å². The number of carbonyl (C=O) groups excluding carboxylic acids is 1. The fourth-order valence-electron chi connectivity index (χ4n) is 2.67. The van der Waals surface area contributed by atoms with E-state index in [0.29, 0.717) is 6.42 Å². The second-order valence-corrected chi connectivity index (χ2v) is 5.29. The predicted molar refractivity (Wildman–Crippen MR) is 84.3 cm³/mol. The Kier molecular flexibility index (Phi) is 3.86. The summed E-state index contributed by atoms with van der Waals surface area (Å²) in [6.07, 6.45) is 3.37. The standard InChI is InChI=1S/C17H19N3O/c1-13(14-7-4-5-11-18-14)19-15-8-2-3-9-16(15)20-12-6-10-17(20)21/h2-5,7-9,11,13,19H,6,10,12H2,1H3. The molecular formula is C17H19N3O. The molecule has 1 atom stereocenters. The van der Waals surface area contributed by atoms with E-state index in [1.807, 2.05) is 47.4 Å². The number of hydrogen-bond acceptors (Lipinski definition) is 3. The number of pyridine rings is 1. The first-order valence-corrected chi connectivity index (χ1v) is 7.32. The molecule has 1 aliphatic heterocycles. The van der Waals surface area contributed by atoms with E-state index < -0.39 is 0 Å². The van der Waals surface area contributed by atoms with Crippen molar-refractivity contribution in [1.82, 2.24) is 4.98 Å². The maximum Gasteiger partial charge on any atom is 0.227 e. The molecule has 1 aromatic heterocycles. The summed E-state index contributed by atoms with van der Waals surface area (Å²) in [5.74, 6) is 0.203. The lowest BCUT2D eigenvalue weighted by Gasteiger charge is -2.23. The summed E-state index contributed by atoms with van der Waals surface area (Å²) in [5, 5.41) is 3.47. The average molecular weight is 281 g/mol. The van der Waals surface area contributed by atoms with Gasteiger partial charge in [-0.2, -0.15) is 0 Å². The number of rotatable bonds is 4. The molecule has 1 N–H and O–H groups in total. The van der Waals surface area contributed by atoms with Gasteiger partial charge >= 0.3 is 0 Å². The van der Waals surface area contributed by atoms with Gasteiger partial charge in [-0.05, 0) is 37.6 Å². The number of amides is 1. The second-order valence-electron chi connectivity index (χ2n) is 5.29. The summed E-state index contributed by atoms with van der Waals surface area (Å²) in [5.41, 5.74) is 2.92. The van der Waals surface area contributed by atoms with E-state index in [4.69, 9.17) is 0 Å². The van der Waals surface area contributed by atoms with Crippen molar-refractivity contribution < 1.29 is 4.79 Å². The molecule has 1 unspecified atom stereocenters. The van der Waals surface area contributed by atoms with E-state index >= 15 is 0 Å². The molecule has 2 aromatic rings. The Labute approximate surface area is 124 Å². The summed E-state index contributed by atoms with van der Waals surface area (Å²) in [6.45, 7) is 2.88. The molecule has 1 amide bonds. The summed E-state index contributed by atoms with van der Waals surface area (Å²) in [4.78, 5) is 18.2. The summed E-state index contributed by atoms with van der Waals surface area (Å²) in [7, 11) is 0. The van der Waals surface area contributed by atoms with Gasteiger partial charge in [-0.15, -0.1) is 0 Å². The van der Waals surface area contributed by atoms with Crippen LogP contribution in [0.3, 0.4) is 0 Å². The number of carbonyl (C=O) groups is 1. The molecule has 1 aliphatic rings. The molecule has 21 heavy (non-hydrogen) atoms. The summed E-state index contributed by atoms with van der Waals surface area (Å²) < 4.78 is 0. The number of nitrogens with zero attached hydrogens (tertiary/aromatic N) is 2. The summed E-state index contributed by atoms with van der Waals surface area (Å²) >= 11 is 0. The Hall–Kier alpha value is -2.36. The van der Waals surface area contributed by atoms with Crippen molar-refractivity contribution in [2.75, 3.05) is 16.8 Å². The van der Waals surface area contributed by atoms with Crippen LogP contribution in [0.2, 0.25) is 0 Å². The van der Waals surface area contributed by atoms with Gasteiger partial charge < -0.3 is 10.2 Å². The quantitative estimate of drug-likeness (QED) is 0.934. The van der Waals surface area contributed by atoms with Crippen molar-refractivity contribution in [3.63, 3.8) is 0 Å². The van der Waals surface area contributed by atoms with Crippen LogP contribution in [0.25, 0.3) is 0 Å². The highest BCUT2D eigenvalue weighted by molar-refractivity contribution is 5.98. The van der Waals surface area contributed by atoms with Crippen LogP contribution >= 0.6 is 0 Å². The predicted octanol–water partition coefficient (Wildman–Crippen LogP) is 3.38. The molecule has 1 fully saturated rings. The largest absolute Gasteiger partial charge is 0.375 e. The van der Waals surface area contributed by atoms with Gasteiger partial charge in [0.2, 0.25) is 5.91 Å². The fourth-order valence-corrected chi connectivity index (χ4v) is 2.67. The van der Waals surface area contributed by atoms with E-state index in [9.17, 15) is 4.79 Å². The molecule has 108 valence electrons. The lowest BCUT2D eigenvalue weighted by molar-refractivity contribution is -0.117. The van der Waals surface area contributed by atoms with Gasteiger partial charge in [-0.25, -0.2) is 0 Å². The van der Waals surface area contributed by atoms with Crippen LogP contribution < -0.4 is 10.2 Å². The second kappa shape index (κ2) is 5.95. The Morgan fingerprint density at radius 1 is 1.19 bits per heavy atom. The molecule has 1 saturated heterocycles. The van der Waals surface area contributed by atoms with Gasteiger partial charge in [0.1, 0.15) is 0 Å². The summed E-state index contributed by atoms with van der Waals surface area (Å²) in [6, 6.07) is 13.9. The zero-order valence-electron chi connectivity index (χ0n) is 12.1. The van der Waals surface area contributed by atoms with Crippen molar-refractivity contribution in [3.8, 4) is 0 Å². The number of benzene rings is 1. The minimum absolute atomic E-state index is 0.0880. The number of aromatic nitrogens is 1. The van der Waals surface area contributed by atoms with Crippen LogP contribution in [0, 0.1) is 0 Å². The van der Waals surface area contributed by atoms with Crippen LogP contribution in [-0.2, 0) is 4.79 Å². The zero-order valence-corrected chi connectivity index (χ0v) is 12.1.